The summed E-state index contributed by atoms with van der Waals surface area (Å²) in [5, 5.41) is 2.85. The molecule has 0 aromatic heterocycles. The highest BCUT2D eigenvalue weighted by Crippen LogP contribution is 2.31. The highest BCUT2D eigenvalue weighted by Gasteiger charge is 2.30. The van der Waals surface area contributed by atoms with E-state index in [0.29, 0.717) is 6.07 Å². The van der Waals surface area contributed by atoms with Gasteiger partial charge in [-0.3, -0.25) is 9.52 Å². The number of nitrogens with one attached hydrogen (secondary N) is 2. The van der Waals surface area contributed by atoms with Gasteiger partial charge in [0.25, 0.3) is 15.9 Å². The average molecular weight is 485 g/mol. The van der Waals surface area contributed by atoms with Crippen LogP contribution in [0.25, 0.3) is 0 Å². The highest BCUT2D eigenvalue weighted by molar-refractivity contribution is 7.92. The monoisotopic (exact) mass is 484 g/mol. The average Bonchev–Trinajstić information content (AvgIpc) is 2.73. The van der Waals surface area contributed by atoms with Crippen LogP contribution in [0.1, 0.15) is 15.9 Å². The molecule has 0 aliphatic rings. The van der Waals surface area contributed by atoms with Gasteiger partial charge in [-0.1, -0.05) is 23.7 Å². The Bertz CT molecular complexity index is 1250. The van der Waals surface area contributed by atoms with E-state index in [4.69, 9.17) is 16.3 Å². The Balaban J connectivity index is 1.77. The second kappa shape index (κ2) is 9.09. The van der Waals surface area contributed by atoms with Crippen molar-refractivity contribution in [1.29, 1.82) is 0 Å². The van der Waals surface area contributed by atoms with Crippen molar-refractivity contribution in [3.8, 4) is 5.75 Å². The Morgan fingerprint density at radius 3 is 2.25 bits per heavy atom. The van der Waals surface area contributed by atoms with Crippen LogP contribution in [0.3, 0.4) is 0 Å². The Labute approximate surface area is 187 Å². The topological polar surface area (TPSA) is 84.5 Å². The summed E-state index contributed by atoms with van der Waals surface area (Å²) in [4.78, 5) is 12.3. The number of anilines is 2. The molecule has 3 rings (SSSR count). The molecule has 0 saturated heterocycles. The minimum Gasteiger partial charge on any atom is -0.494 e. The minimum absolute atomic E-state index is 0.183. The maximum absolute atomic E-state index is 12.8. The van der Waals surface area contributed by atoms with Gasteiger partial charge < -0.3 is 10.1 Å². The minimum atomic E-state index is -4.60. The van der Waals surface area contributed by atoms with Gasteiger partial charge in [-0.05, 0) is 54.6 Å². The van der Waals surface area contributed by atoms with E-state index in [1.165, 1.54) is 43.5 Å². The number of methoxy groups -OCH3 is 1. The van der Waals surface area contributed by atoms with E-state index in [-0.39, 0.29) is 32.6 Å². The molecule has 0 aliphatic heterocycles. The molecule has 0 atom stereocenters. The Morgan fingerprint density at radius 2 is 1.62 bits per heavy atom. The first-order valence-corrected chi connectivity index (χ1v) is 10.8. The number of benzene rings is 3. The third kappa shape index (κ3) is 5.32. The van der Waals surface area contributed by atoms with Gasteiger partial charge >= 0.3 is 6.18 Å². The summed E-state index contributed by atoms with van der Waals surface area (Å²) in [6.07, 6.45) is -4.60. The number of sulfonamides is 1. The molecule has 0 aliphatic carbocycles. The number of alkyl halides is 3. The second-order valence-corrected chi connectivity index (χ2v) is 8.57. The number of carbonyl (C=O) groups excluding carboxylic acids is 1. The fourth-order valence-electron chi connectivity index (χ4n) is 2.78. The van der Waals surface area contributed by atoms with Gasteiger partial charge in [0.2, 0.25) is 0 Å². The van der Waals surface area contributed by atoms with Crippen LogP contribution < -0.4 is 14.8 Å². The first-order valence-electron chi connectivity index (χ1n) is 8.95. The number of para-hydroxylation sites is 1. The SMILES string of the molecule is COc1c(Cl)cccc1C(=O)Nc1ccc(S(=O)(=O)Nc2cccc(C(F)(F)F)c2)cc1. The van der Waals surface area contributed by atoms with Crippen molar-refractivity contribution in [3.05, 3.63) is 82.9 Å². The van der Waals surface area contributed by atoms with Crippen LogP contribution in [0.5, 0.6) is 5.75 Å². The highest BCUT2D eigenvalue weighted by atomic mass is 35.5. The lowest BCUT2D eigenvalue weighted by atomic mass is 10.2. The molecule has 0 saturated carbocycles. The molecule has 0 spiro atoms. The molecule has 6 nitrogen and oxygen atoms in total. The Hall–Kier alpha value is -3.24. The molecule has 2 N–H and O–H groups in total. The summed E-state index contributed by atoms with van der Waals surface area (Å²) in [5.74, 6) is -0.335. The predicted octanol–water partition coefficient (Wildman–Crippen LogP) is 5.42. The van der Waals surface area contributed by atoms with Crippen molar-refractivity contribution < 1.29 is 31.1 Å². The maximum atomic E-state index is 12.8. The molecule has 11 heteroatoms. The van der Waals surface area contributed by atoms with E-state index in [9.17, 15) is 26.4 Å². The van der Waals surface area contributed by atoms with Crippen molar-refractivity contribution in [2.75, 3.05) is 17.1 Å². The molecular formula is C21H16ClF3N2O4S. The van der Waals surface area contributed by atoms with Gasteiger partial charge in [0, 0.05) is 11.4 Å². The number of hydrogen-bond donors (Lipinski definition) is 2. The van der Waals surface area contributed by atoms with Crippen molar-refractivity contribution in [2.24, 2.45) is 0 Å². The first-order chi connectivity index (χ1) is 15.0. The molecule has 0 radical (unpaired) electrons. The fraction of sp³-hybridized carbons (Fsp3) is 0.0952. The van der Waals surface area contributed by atoms with Gasteiger partial charge in [0.05, 0.1) is 28.2 Å². The van der Waals surface area contributed by atoms with Gasteiger partial charge in [-0.25, -0.2) is 8.42 Å². The number of hydrogen-bond acceptors (Lipinski definition) is 4. The van der Waals surface area contributed by atoms with E-state index >= 15 is 0 Å². The van der Waals surface area contributed by atoms with Crippen LogP contribution in [0.4, 0.5) is 24.5 Å². The molecule has 0 bridgehead atoms. The molecule has 0 heterocycles. The van der Waals surface area contributed by atoms with Crippen molar-refractivity contribution in [1.82, 2.24) is 0 Å². The summed E-state index contributed by atoms with van der Waals surface area (Å²) in [6.45, 7) is 0. The lowest BCUT2D eigenvalue weighted by Crippen LogP contribution is -2.15. The number of amides is 1. The van der Waals surface area contributed by atoms with E-state index in [1.54, 1.807) is 12.1 Å². The van der Waals surface area contributed by atoms with Crippen LogP contribution in [0, 0.1) is 0 Å². The third-order valence-electron chi connectivity index (χ3n) is 4.28. The molecule has 0 fully saturated rings. The van der Waals surface area contributed by atoms with Crippen LogP contribution in [0.15, 0.2) is 71.6 Å². The lowest BCUT2D eigenvalue weighted by Gasteiger charge is -2.12. The van der Waals surface area contributed by atoms with Crippen LogP contribution in [-0.2, 0) is 16.2 Å². The van der Waals surface area contributed by atoms with E-state index < -0.39 is 27.7 Å². The van der Waals surface area contributed by atoms with E-state index in [2.05, 4.69) is 10.0 Å². The van der Waals surface area contributed by atoms with E-state index in [0.717, 1.165) is 12.1 Å². The van der Waals surface area contributed by atoms with Gasteiger partial charge in [-0.2, -0.15) is 13.2 Å². The smallest absolute Gasteiger partial charge is 0.416 e. The zero-order valence-electron chi connectivity index (χ0n) is 16.4. The normalized spacial score (nSPS) is 11.7. The number of halogens is 4. The van der Waals surface area contributed by atoms with Crippen LogP contribution >= 0.6 is 11.6 Å². The molecule has 3 aromatic rings. The van der Waals surface area contributed by atoms with Gasteiger partial charge in [0.1, 0.15) is 5.75 Å². The standard InChI is InChI=1S/C21H16ClF3N2O4S/c1-31-19-17(6-3-7-18(19)22)20(28)26-14-8-10-16(11-9-14)32(29,30)27-15-5-2-4-13(12-15)21(23,24)25/h2-12,27H,1H3,(H,26,28). The van der Waals surface area contributed by atoms with Crippen molar-refractivity contribution >= 4 is 38.9 Å². The summed E-state index contributed by atoms with van der Waals surface area (Å²) in [7, 11) is -2.79. The molecular weight excluding hydrogens is 469 g/mol. The summed E-state index contributed by atoms with van der Waals surface area (Å²) in [5.41, 5.74) is -0.740. The fourth-order valence-corrected chi connectivity index (χ4v) is 4.09. The number of carbonyl (C=O) groups is 1. The molecule has 0 unspecified atom stereocenters. The molecule has 168 valence electrons. The Kier molecular flexibility index (Phi) is 6.65. The first kappa shape index (κ1) is 23.4. The van der Waals surface area contributed by atoms with Crippen LogP contribution in [0.2, 0.25) is 5.02 Å². The summed E-state index contributed by atoms with van der Waals surface area (Å²) in [6, 6.07) is 13.6. The lowest BCUT2D eigenvalue weighted by molar-refractivity contribution is -0.137. The zero-order chi connectivity index (χ0) is 23.5. The van der Waals surface area contributed by atoms with Gasteiger partial charge in [-0.15, -0.1) is 0 Å². The quantitative estimate of drug-likeness (QED) is 0.489. The number of ether oxygens (including phenoxy) is 1. The predicted molar refractivity (Wildman–Crippen MR) is 115 cm³/mol. The molecule has 3 aromatic carbocycles. The third-order valence-corrected chi connectivity index (χ3v) is 5.98. The maximum Gasteiger partial charge on any atom is 0.416 e. The molecule has 32 heavy (non-hydrogen) atoms. The molecule has 1 amide bonds. The largest absolute Gasteiger partial charge is 0.494 e. The zero-order valence-corrected chi connectivity index (χ0v) is 18.0. The second-order valence-electron chi connectivity index (χ2n) is 6.48. The van der Waals surface area contributed by atoms with Crippen LogP contribution in [-0.4, -0.2) is 21.4 Å². The summed E-state index contributed by atoms with van der Waals surface area (Å²) >= 11 is 6.01. The van der Waals surface area contributed by atoms with Gasteiger partial charge in [0.15, 0.2) is 0 Å². The van der Waals surface area contributed by atoms with Crippen molar-refractivity contribution in [2.45, 2.75) is 11.1 Å². The Morgan fingerprint density at radius 1 is 0.969 bits per heavy atom. The summed E-state index contributed by atoms with van der Waals surface area (Å²) < 4.78 is 70.8. The van der Waals surface area contributed by atoms with Crippen molar-refractivity contribution in [3.63, 3.8) is 0 Å². The van der Waals surface area contributed by atoms with E-state index in [1.807, 2.05) is 0 Å². The number of rotatable bonds is 6.